The van der Waals surface area contributed by atoms with Crippen LogP contribution in [0.3, 0.4) is 0 Å². The molecule has 2 unspecified atom stereocenters. The second-order valence-corrected chi connectivity index (χ2v) is 11.1. The van der Waals surface area contributed by atoms with Crippen molar-refractivity contribution in [2.75, 3.05) is 44.6 Å². The number of nitrogens with one attached hydrogen (secondary N) is 1. The molecular weight excluding hydrogens is 490 g/mol. The Bertz CT molecular complexity index is 1240. The fourth-order valence-corrected chi connectivity index (χ4v) is 6.15. The quantitative estimate of drug-likeness (QED) is 0.564. The van der Waals surface area contributed by atoms with Gasteiger partial charge in [0.15, 0.2) is 0 Å². The first-order valence-electron chi connectivity index (χ1n) is 11.8. The van der Waals surface area contributed by atoms with E-state index in [-0.39, 0.29) is 48.9 Å². The highest BCUT2D eigenvalue weighted by molar-refractivity contribution is 7.89. The van der Waals surface area contributed by atoms with Gasteiger partial charge in [-0.3, -0.25) is 4.79 Å². The number of hydrogen-bond donors (Lipinski definition) is 1. The number of carbonyl (C=O) groups excluding carboxylic acids is 1. The molecule has 2 atom stereocenters. The Morgan fingerprint density at radius 1 is 1.17 bits per heavy atom. The van der Waals surface area contributed by atoms with Crippen LogP contribution >= 0.6 is 0 Å². The van der Waals surface area contributed by atoms with E-state index in [1.165, 1.54) is 21.3 Å². The van der Waals surface area contributed by atoms with Crippen LogP contribution in [-0.4, -0.2) is 73.9 Å². The number of amides is 1. The SMILES string of the molecule is C=C(C)C1OCCC1CNc1nc(C)ccc1S(=O)(=O)N1CCN(C(=O)c2c(F)cccc2F)CC1. The summed E-state index contributed by atoms with van der Waals surface area (Å²) >= 11 is 0. The Balaban J connectivity index is 1.48. The molecule has 2 aromatic rings. The van der Waals surface area contributed by atoms with E-state index < -0.39 is 33.1 Å². The van der Waals surface area contributed by atoms with Crippen LogP contribution in [0, 0.1) is 24.5 Å². The lowest BCUT2D eigenvalue weighted by molar-refractivity contribution is 0.0688. The van der Waals surface area contributed by atoms with E-state index in [2.05, 4.69) is 16.9 Å². The van der Waals surface area contributed by atoms with Gasteiger partial charge in [0, 0.05) is 50.9 Å². The molecule has 11 heteroatoms. The van der Waals surface area contributed by atoms with E-state index in [4.69, 9.17) is 4.74 Å². The first kappa shape index (κ1) is 26.2. The van der Waals surface area contributed by atoms with Gasteiger partial charge in [-0.15, -0.1) is 0 Å². The van der Waals surface area contributed by atoms with Crippen molar-refractivity contribution in [3.63, 3.8) is 0 Å². The first-order valence-corrected chi connectivity index (χ1v) is 13.3. The number of piperazine rings is 1. The molecule has 0 aliphatic carbocycles. The van der Waals surface area contributed by atoms with Gasteiger partial charge in [-0.2, -0.15) is 4.31 Å². The molecule has 2 aliphatic heterocycles. The normalized spacial score (nSPS) is 20.9. The molecule has 0 spiro atoms. The maximum atomic E-state index is 14.1. The Morgan fingerprint density at radius 2 is 1.83 bits per heavy atom. The number of aromatic nitrogens is 1. The van der Waals surface area contributed by atoms with Crippen molar-refractivity contribution >= 4 is 21.7 Å². The number of benzene rings is 1. The van der Waals surface area contributed by atoms with Gasteiger partial charge in [-0.1, -0.05) is 18.2 Å². The van der Waals surface area contributed by atoms with Crippen LogP contribution in [0.25, 0.3) is 0 Å². The molecule has 1 N–H and O–H groups in total. The number of rotatable bonds is 7. The summed E-state index contributed by atoms with van der Waals surface area (Å²) in [4.78, 5) is 18.4. The highest BCUT2D eigenvalue weighted by atomic mass is 32.2. The highest BCUT2D eigenvalue weighted by Crippen LogP contribution is 2.29. The number of carbonyl (C=O) groups is 1. The highest BCUT2D eigenvalue weighted by Gasteiger charge is 2.34. The van der Waals surface area contributed by atoms with Gasteiger partial charge in [0.2, 0.25) is 10.0 Å². The molecule has 3 heterocycles. The first-order chi connectivity index (χ1) is 17.1. The number of ether oxygens (including phenoxy) is 1. The molecule has 4 rings (SSSR count). The summed E-state index contributed by atoms with van der Waals surface area (Å²) in [7, 11) is -3.94. The standard InChI is InChI=1S/C25H30F2N4O4S/c1-16(2)23-18(9-14-35-23)15-28-24-21(8-7-17(3)29-24)36(33,34)31-12-10-30(11-13-31)25(32)22-19(26)5-4-6-20(22)27/h4-8,18,23H,1,9-15H2,2-3H3,(H,28,29). The third-order valence-corrected chi connectivity index (χ3v) is 8.48. The Morgan fingerprint density at radius 3 is 2.47 bits per heavy atom. The number of aryl methyl sites for hydroxylation is 1. The Labute approximate surface area is 210 Å². The van der Waals surface area contributed by atoms with E-state index in [0.717, 1.165) is 24.1 Å². The number of nitrogens with zero attached hydrogens (tertiary/aromatic N) is 3. The number of anilines is 1. The van der Waals surface area contributed by atoms with Gasteiger partial charge in [0.1, 0.15) is 27.9 Å². The van der Waals surface area contributed by atoms with Crippen LogP contribution in [-0.2, 0) is 14.8 Å². The van der Waals surface area contributed by atoms with E-state index >= 15 is 0 Å². The van der Waals surface area contributed by atoms with Crippen LogP contribution in [0.2, 0.25) is 0 Å². The summed E-state index contributed by atoms with van der Waals surface area (Å²) in [5.41, 5.74) is 0.955. The van der Waals surface area contributed by atoms with Crippen LogP contribution < -0.4 is 5.32 Å². The lowest BCUT2D eigenvalue weighted by Gasteiger charge is -2.34. The predicted molar refractivity (Wildman–Crippen MR) is 131 cm³/mol. The lowest BCUT2D eigenvalue weighted by atomic mass is 9.97. The zero-order chi connectivity index (χ0) is 26.0. The minimum atomic E-state index is -3.94. The summed E-state index contributed by atoms with van der Waals surface area (Å²) in [6.45, 7) is 8.77. The minimum absolute atomic E-state index is 0.00753. The third-order valence-electron chi connectivity index (χ3n) is 6.55. The second-order valence-electron chi connectivity index (χ2n) is 9.16. The van der Waals surface area contributed by atoms with E-state index in [1.807, 2.05) is 6.92 Å². The van der Waals surface area contributed by atoms with Gasteiger partial charge in [0.05, 0.1) is 6.10 Å². The smallest absolute Gasteiger partial charge is 0.259 e. The number of halogens is 2. The number of pyridine rings is 1. The maximum absolute atomic E-state index is 14.1. The lowest BCUT2D eigenvalue weighted by Crippen LogP contribution is -2.50. The van der Waals surface area contributed by atoms with Crippen molar-refractivity contribution in [2.45, 2.75) is 31.3 Å². The van der Waals surface area contributed by atoms with Crippen LogP contribution in [0.15, 0.2) is 47.4 Å². The van der Waals surface area contributed by atoms with E-state index in [9.17, 15) is 22.0 Å². The van der Waals surface area contributed by atoms with Gasteiger partial charge < -0.3 is 15.0 Å². The Kier molecular flexibility index (Phi) is 7.72. The minimum Gasteiger partial charge on any atom is -0.374 e. The molecule has 1 amide bonds. The van der Waals surface area contributed by atoms with Crippen LogP contribution in [0.5, 0.6) is 0 Å². The van der Waals surface area contributed by atoms with Gasteiger partial charge in [0.25, 0.3) is 5.91 Å². The van der Waals surface area contributed by atoms with E-state index in [1.54, 1.807) is 13.0 Å². The zero-order valence-electron chi connectivity index (χ0n) is 20.3. The molecule has 0 saturated carbocycles. The summed E-state index contributed by atoms with van der Waals surface area (Å²) < 4.78 is 62.2. The summed E-state index contributed by atoms with van der Waals surface area (Å²) in [5.74, 6) is -2.29. The topological polar surface area (TPSA) is 91.8 Å². The van der Waals surface area contributed by atoms with Crippen LogP contribution in [0.4, 0.5) is 14.6 Å². The van der Waals surface area contributed by atoms with Crippen molar-refractivity contribution < 1.29 is 26.7 Å². The van der Waals surface area contributed by atoms with Gasteiger partial charge in [-0.05, 0) is 44.5 Å². The monoisotopic (exact) mass is 520 g/mol. The number of hydrogen-bond acceptors (Lipinski definition) is 6. The second kappa shape index (κ2) is 10.6. The van der Waals surface area contributed by atoms with Gasteiger partial charge in [-0.25, -0.2) is 22.2 Å². The molecule has 0 bridgehead atoms. The Hall–Kier alpha value is -2.89. The largest absolute Gasteiger partial charge is 0.374 e. The molecule has 1 aromatic carbocycles. The maximum Gasteiger partial charge on any atom is 0.259 e. The average Bonchev–Trinajstić information content (AvgIpc) is 3.32. The summed E-state index contributed by atoms with van der Waals surface area (Å²) in [6.07, 6.45) is 0.740. The predicted octanol–water partition coefficient (Wildman–Crippen LogP) is 3.21. The van der Waals surface area contributed by atoms with E-state index in [0.29, 0.717) is 18.8 Å². The summed E-state index contributed by atoms with van der Waals surface area (Å²) in [6, 6.07) is 6.38. The molecular formula is C25H30F2N4O4S. The van der Waals surface area contributed by atoms with Crippen molar-refractivity contribution in [2.24, 2.45) is 5.92 Å². The molecule has 36 heavy (non-hydrogen) atoms. The average molecular weight is 521 g/mol. The molecule has 8 nitrogen and oxygen atoms in total. The molecule has 2 fully saturated rings. The molecule has 194 valence electrons. The van der Waals surface area contributed by atoms with Crippen molar-refractivity contribution in [3.8, 4) is 0 Å². The van der Waals surface area contributed by atoms with Crippen molar-refractivity contribution in [1.82, 2.24) is 14.2 Å². The van der Waals surface area contributed by atoms with Crippen LogP contribution in [0.1, 0.15) is 29.4 Å². The molecule has 1 aromatic heterocycles. The molecule has 2 saturated heterocycles. The molecule has 2 aliphatic rings. The van der Waals surface area contributed by atoms with Gasteiger partial charge >= 0.3 is 0 Å². The summed E-state index contributed by atoms with van der Waals surface area (Å²) in [5, 5.41) is 3.20. The van der Waals surface area contributed by atoms with Crippen molar-refractivity contribution in [1.29, 1.82) is 0 Å². The van der Waals surface area contributed by atoms with Crippen molar-refractivity contribution in [3.05, 3.63) is 65.4 Å². The number of sulfonamides is 1. The molecule has 0 radical (unpaired) electrons. The zero-order valence-corrected chi connectivity index (χ0v) is 21.2. The fourth-order valence-electron chi connectivity index (χ4n) is 4.62. The fraction of sp³-hybridized carbons (Fsp3) is 0.440. The third kappa shape index (κ3) is 5.28.